The number of rotatable bonds is 10. The van der Waals surface area contributed by atoms with Crippen LogP contribution in [0.2, 0.25) is 5.02 Å². The average molecular weight is 382 g/mol. The number of carboxylic acids is 1. The molecule has 0 aliphatic heterocycles. The third kappa shape index (κ3) is 7.96. The number of benzene rings is 1. The number of nitrogens with one attached hydrogen (secondary N) is 2. The van der Waals surface area contributed by atoms with Crippen molar-refractivity contribution < 1.29 is 14.7 Å². The lowest BCUT2D eigenvalue weighted by Gasteiger charge is -2.13. The molecule has 0 radical (unpaired) electrons. The molecule has 134 valence electrons. The minimum absolute atomic E-state index is 0.161. The molecular formula is C17H20ClN3O3S. The number of amides is 1. The van der Waals surface area contributed by atoms with Crippen LogP contribution in [0.15, 0.2) is 36.0 Å². The van der Waals surface area contributed by atoms with E-state index in [0.29, 0.717) is 30.2 Å². The van der Waals surface area contributed by atoms with Gasteiger partial charge in [-0.05, 0) is 42.5 Å². The lowest BCUT2D eigenvalue weighted by Crippen LogP contribution is -2.41. The number of carboxylic acid groups (broad SMARTS) is 1. The van der Waals surface area contributed by atoms with E-state index in [1.54, 1.807) is 18.2 Å². The van der Waals surface area contributed by atoms with E-state index >= 15 is 0 Å². The van der Waals surface area contributed by atoms with Crippen molar-refractivity contribution in [3.63, 3.8) is 0 Å². The maximum absolute atomic E-state index is 12.0. The van der Waals surface area contributed by atoms with Crippen molar-refractivity contribution in [1.82, 2.24) is 10.6 Å². The minimum Gasteiger partial charge on any atom is -0.480 e. The van der Waals surface area contributed by atoms with E-state index in [4.69, 9.17) is 22.0 Å². The molecule has 1 amide bonds. The first-order valence-electron chi connectivity index (χ1n) is 7.58. The van der Waals surface area contributed by atoms with Crippen molar-refractivity contribution in [1.29, 1.82) is 5.26 Å². The van der Waals surface area contributed by atoms with Crippen LogP contribution >= 0.6 is 23.4 Å². The SMILES string of the molecule is CSCCC(NC(=O)/C(C#N)=C\NCCc1ccc(Cl)cc1)C(=O)O. The highest BCUT2D eigenvalue weighted by molar-refractivity contribution is 7.98. The molecule has 0 bridgehead atoms. The number of thioether (sulfide) groups is 1. The summed E-state index contributed by atoms with van der Waals surface area (Å²) in [5, 5.41) is 24.1. The molecular weight excluding hydrogens is 362 g/mol. The summed E-state index contributed by atoms with van der Waals surface area (Å²) in [5.74, 6) is -1.22. The fraction of sp³-hybridized carbons (Fsp3) is 0.353. The van der Waals surface area contributed by atoms with Gasteiger partial charge in [0.1, 0.15) is 17.7 Å². The summed E-state index contributed by atoms with van der Waals surface area (Å²) in [6.07, 6.45) is 4.15. The Morgan fingerprint density at radius 3 is 2.64 bits per heavy atom. The molecule has 8 heteroatoms. The van der Waals surface area contributed by atoms with Crippen LogP contribution < -0.4 is 10.6 Å². The molecule has 1 aromatic carbocycles. The predicted octanol–water partition coefficient (Wildman–Crippen LogP) is 2.20. The molecule has 1 aromatic rings. The number of nitrogens with zero attached hydrogens (tertiary/aromatic N) is 1. The van der Waals surface area contributed by atoms with Gasteiger partial charge in [-0.3, -0.25) is 4.79 Å². The van der Waals surface area contributed by atoms with Gasteiger partial charge >= 0.3 is 5.97 Å². The van der Waals surface area contributed by atoms with E-state index < -0.39 is 17.9 Å². The number of hydrogen-bond donors (Lipinski definition) is 3. The van der Waals surface area contributed by atoms with Crippen molar-refractivity contribution in [2.45, 2.75) is 18.9 Å². The zero-order valence-corrected chi connectivity index (χ0v) is 15.4. The Morgan fingerprint density at radius 1 is 1.40 bits per heavy atom. The Kier molecular flexibility index (Phi) is 9.51. The summed E-state index contributed by atoms with van der Waals surface area (Å²) in [5.41, 5.74) is 0.905. The first kappa shape index (κ1) is 20.9. The average Bonchev–Trinajstić information content (AvgIpc) is 2.59. The van der Waals surface area contributed by atoms with Gasteiger partial charge in [0.2, 0.25) is 0 Å². The lowest BCUT2D eigenvalue weighted by molar-refractivity contribution is -0.141. The minimum atomic E-state index is -1.12. The molecule has 0 saturated carbocycles. The summed E-state index contributed by atoms with van der Waals surface area (Å²) in [6, 6.07) is 8.15. The van der Waals surface area contributed by atoms with Crippen LogP contribution in [0.3, 0.4) is 0 Å². The first-order chi connectivity index (χ1) is 12.0. The maximum Gasteiger partial charge on any atom is 0.326 e. The summed E-state index contributed by atoms with van der Waals surface area (Å²) >= 11 is 7.30. The van der Waals surface area contributed by atoms with Gasteiger partial charge in [0.25, 0.3) is 5.91 Å². The normalized spacial score (nSPS) is 12.1. The van der Waals surface area contributed by atoms with Crippen LogP contribution in [-0.2, 0) is 16.0 Å². The van der Waals surface area contributed by atoms with E-state index in [2.05, 4.69) is 10.6 Å². The molecule has 1 atom stereocenters. The number of carbonyl (C=O) groups is 2. The first-order valence-corrected chi connectivity index (χ1v) is 9.35. The van der Waals surface area contributed by atoms with E-state index in [1.807, 2.05) is 18.4 Å². The second-order valence-electron chi connectivity index (χ2n) is 5.15. The van der Waals surface area contributed by atoms with Gasteiger partial charge in [-0.15, -0.1) is 0 Å². The molecule has 0 aliphatic carbocycles. The van der Waals surface area contributed by atoms with Crippen LogP contribution in [-0.4, -0.2) is 41.6 Å². The Hall–Kier alpha value is -2.17. The van der Waals surface area contributed by atoms with E-state index in [-0.39, 0.29) is 5.57 Å². The van der Waals surface area contributed by atoms with Crippen LogP contribution in [0, 0.1) is 11.3 Å². The molecule has 0 aliphatic rings. The van der Waals surface area contributed by atoms with E-state index in [0.717, 1.165) is 5.56 Å². The molecule has 0 spiro atoms. The molecule has 0 fully saturated rings. The second-order valence-corrected chi connectivity index (χ2v) is 6.57. The summed E-state index contributed by atoms with van der Waals surface area (Å²) in [4.78, 5) is 23.2. The summed E-state index contributed by atoms with van der Waals surface area (Å²) < 4.78 is 0. The van der Waals surface area contributed by atoms with Gasteiger partial charge in [0, 0.05) is 17.8 Å². The van der Waals surface area contributed by atoms with Crippen molar-refractivity contribution in [3.05, 3.63) is 46.6 Å². The molecule has 3 N–H and O–H groups in total. The largest absolute Gasteiger partial charge is 0.480 e. The van der Waals surface area contributed by atoms with E-state index in [9.17, 15) is 9.59 Å². The summed E-state index contributed by atoms with van der Waals surface area (Å²) in [7, 11) is 0. The van der Waals surface area contributed by atoms with Crippen molar-refractivity contribution in [2.24, 2.45) is 0 Å². The topological polar surface area (TPSA) is 102 Å². The highest BCUT2D eigenvalue weighted by Crippen LogP contribution is 2.09. The van der Waals surface area contributed by atoms with Gasteiger partial charge < -0.3 is 15.7 Å². The fourth-order valence-corrected chi connectivity index (χ4v) is 2.52. The molecule has 0 aromatic heterocycles. The highest BCUT2D eigenvalue weighted by atomic mass is 35.5. The van der Waals surface area contributed by atoms with Crippen molar-refractivity contribution >= 4 is 35.2 Å². The standard InChI is InChI=1S/C17H20ClN3O3S/c1-25-9-7-15(17(23)24)21-16(22)13(10-19)11-20-8-6-12-2-4-14(18)5-3-12/h2-5,11,15,20H,6-9H2,1H3,(H,21,22)(H,23,24)/b13-11-. The van der Waals surface area contributed by atoms with Gasteiger partial charge in [0.15, 0.2) is 0 Å². The van der Waals surface area contributed by atoms with Gasteiger partial charge in [0.05, 0.1) is 0 Å². The maximum atomic E-state index is 12.0. The van der Waals surface area contributed by atoms with Crippen LogP contribution in [0.1, 0.15) is 12.0 Å². The number of carbonyl (C=O) groups excluding carboxylic acids is 1. The molecule has 0 saturated heterocycles. The van der Waals surface area contributed by atoms with E-state index in [1.165, 1.54) is 18.0 Å². The second kappa shape index (κ2) is 11.4. The fourth-order valence-electron chi connectivity index (χ4n) is 1.92. The lowest BCUT2D eigenvalue weighted by atomic mass is 10.1. The molecule has 0 heterocycles. The molecule has 1 rings (SSSR count). The number of hydrogen-bond acceptors (Lipinski definition) is 5. The monoisotopic (exact) mass is 381 g/mol. The van der Waals surface area contributed by atoms with Crippen molar-refractivity contribution in [2.75, 3.05) is 18.6 Å². The van der Waals surface area contributed by atoms with Crippen molar-refractivity contribution in [3.8, 4) is 6.07 Å². The van der Waals surface area contributed by atoms with Gasteiger partial charge in [-0.2, -0.15) is 17.0 Å². The van der Waals surface area contributed by atoms with Gasteiger partial charge in [-0.1, -0.05) is 23.7 Å². The Labute approximate surface area is 156 Å². The number of aliphatic carboxylic acids is 1. The van der Waals surface area contributed by atoms with Crippen LogP contribution in [0.25, 0.3) is 0 Å². The third-order valence-corrected chi connectivity index (χ3v) is 4.19. The Balaban J connectivity index is 2.53. The molecule has 25 heavy (non-hydrogen) atoms. The predicted molar refractivity (Wildman–Crippen MR) is 99.4 cm³/mol. The number of nitriles is 1. The Bertz CT molecular complexity index is 656. The zero-order chi connectivity index (χ0) is 18.7. The molecule has 6 nitrogen and oxygen atoms in total. The third-order valence-electron chi connectivity index (χ3n) is 3.30. The molecule has 1 unspecified atom stereocenters. The van der Waals surface area contributed by atoms with Crippen LogP contribution in [0.5, 0.6) is 0 Å². The smallest absolute Gasteiger partial charge is 0.326 e. The summed E-state index contributed by atoms with van der Waals surface area (Å²) in [6.45, 7) is 0.523. The number of halogens is 1. The van der Waals surface area contributed by atoms with Gasteiger partial charge in [-0.25, -0.2) is 4.79 Å². The quantitative estimate of drug-likeness (QED) is 0.326. The van der Waals surface area contributed by atoms with Crippen LogP contribution in [0.4, 0.5) is 0 Å². The highest BCUT2D eigenvalue weighted by Gasteiger charge is 2.21. The zero-order valence-electron chi connectivity index (χ0n) is 13.8. The Morgan fingerprint density at radius 2 is 2.08 bits per heavy atom.